The van der Waals surface area contributed by atoms with Crippen molar-refractivity contribution in [2.24, 2.45) is 0 Å². The molecule has 2 fully saturated rings. The van der Waals surface area contributed by atoms with Gasteiger partial charge in [-0.2, -0.15) is 4.98 Å². The number of nitrogens with zero attached hydrogens (tertiary/aromatic N) is 4. The van der Waals surface area contributed by atoms with Crippen LogP contribution in [0.3, 0.4) is 0 Å². The lowest BCUT2D eigenvalue weighted by Crippen LogP contribution is -2.54. The van der Waals surface area contributed by atoms with Crippen molar-refractivity contribution in [1.29, 1.82) is 0 Å². The van der Waals surface area contributed by atoms with E-state index in [1.54, 1.807) is 0 Å². The summed E-state index contributed by atoms with van der Waals surface area (Å²) in [4.78, 5) is 21.4. The highest BCUT2D eigenvalue weighted by molar-refractivity contribution is 5.81. The topological polar surface area (TPSA) is 74.5 Å². The summed E-state index contributed by atoms with van der Waals surface area (Å²) >= 11 is 0. The van der Waals surface area contributed by atoms with Gasteiger partial charge in [0.25, 0.3) is 0 Å². The van der Waals surface area contributed by atoms with Gasteiger partial charge in [0.05, 0.1) is 12.1 Å². The number of hydrogen-bond acceptors (Lipinski definition) is 6. The molecule has 1 amide bonds. The standard InChI is InChI=1S/C18H31N5O2/c1-12(15(24)19-14-6-7-14)22-8-10-23(11-9-22)13(2)16-20-17(21-25-16)18(3,4)5/h12-14H,6-11H2,1-5H3,(H,19,24). The average molecular weight is 349 g/mol. The van der Waals surface area contributed by atoms with Crippen LogP contribution in [0.4, 0.5) is 0 Å². The molecule has 1 saturated carbocycles. The van der Waals surface area contributed by atoms with Gasteiger partial charge in [-0.05, 0) is 26.7 Å². The molecule has 0 spiro atoms. The summed E-state index contributed by atoms with van der Waals surface area (Å²) in [6, 6.07) is 0.459. The molecule has 1 aromatic rings. The molecule has 1 N–H and O–H groups in total. The van der Waals surface area contributed by atoms with E-state index in [2.05, 4.69) is 53.0 Å². The van der Waals surface area contributed by atoms with Crippen molar-refractivity contribution in [3.8, 4) is 0 Å². The molecule has 2 heterocycles. The summed E-state index contributed by atoms with van der Waals surface area (Å²) in [5.74, 6) is 1.59. The molecule has 2 aliphatic rings. The van der Waals surface area contributed by atoms with Crippen molar-refractivity contribution in [3.63, 3.8) is 0 Å². The van der Waals surface area contributed by atoms with E-state index in [9.17, 15) is 4.79 Å². The van der Waals surface area contributed by atoms with E-state index < -0.39 is 0 Å². The molecule has 7 heteroatoms. The molecule has 25 heavy (non-hydrogen) atoms. The van der Waals surface area contributed by atoms with Crippen LogP contribution >= 0.6 is 0 Å². The van der Waals surface area contributed by atoms with E-state index in [0.29, 0.717) is 11.9 Å². The second kappa shape index (κ2) is 7.03. The summed E-state index contributed by atoms with van der Waals surface area (Å²) in [7, 11) is 0. The van der Waals surface area contributed by atoms with Crippen LogP contribution in [0.1, 0.15) is 65.2 Å². The molecule has 3 rings (SSSR count). The SMILES string of the molecule is CC(C(=O)NC1CC1)N1CCN(C(C)c2nc(C(C)(C)C)no2)CC1. The van der Waals surface area contributed by atoms with Gasteiger partial charge in [-0.15, -0.1) is 0 Å². The quantitative estimate of drug-likeness (QED) is 0.872. The molecule has 0 bridgehead atoms. The fraction of sp³-hybridized carbons (Fsp3) is 0.833. The van der Waals surface area contributed by atoms with Crippen LogP contribution in [0.15, 0.2) is 4.52 Å². The van der Waals surface area contributed by atoms with Gasteiger partial charge in [-0.1, -0.05) is 25.9 Å². The first-order valence-corrected chi connectivity index (χ1v) is 9.38. The van der Waals surface area contributed by atoms with Crippen LogP contribution in [0.2, 0.25) is 0 Å². The normalized spacial score (nSPS) is 22.6. The Morgan fingerprint density at radius 1 is 1.16 bits per heavy atom. The first kappa shape index (κ1) is 18.3. The molecule has 7 nitrogen and oxygen atoms in total. The maximum absolute atomic E-state index is 12.2. The van der Waals surface area contributed by atoms with Gasteiger partial charge in [0, 0.05) is 37.6 Å². The highest BCUT2D eigenvalue weighted by atomic mass is 16.5. The average Bonchev–Trinajstić information content (AvgIpc) is 3.23. The van der Waals surface area contributed by atoms with Crippen LogP contribution in [-0.4, -0.2) is 64.1 Å². The van der Waals surface area contributed by atoms with E-state index in [1.165, 1.54) is 0 Å². The van der Waals surface area contributed by atoms with Gasteiger partial charge in [0.1, 0.15) is 0 Å². The molecule has 140 valence electrons. The molecule has 1 aliphatic heterocycles. The predicted octanol–water partition coefficient (Wildman–Crippen LogP) is 1.71. The number of carbonyl (C=O) groups excluding carboxylic acids is 1. The zero-order valence-corrected chi connectivity index (χ0v) is 16.1. The number of rotatable bonds is 5. The maximum Gasteiger partial charge on any atom is 0.243 e. The Labute approximate surface area is 150 Å². The smallest absolute Gasteiger partial charge is 0.243 e. The zero-order chi connectivity index (χ0) is 18.2. The number of aromatic nitrogens is 2. The number of hydrogen-bond donors (Lipinski definition) is 1. The lowest BCUT2D eigenvalue weighted by Gasteiger charge is -2.39. The highest BCUT2D eigenvalue weighted by Crippen LogP contribution is 2.25. The Morgan fingerprint density at radius 3 is 2.28 bits per heavy atom. The Kier molecular flexibility index (Phi) is 5.16. The van der Waals surface area contributed by atoms with Crippen molar-refractivity contribution >= 4 is 5.91 Å². The molecule has 1 saturated heterocycles. The highest BCUT2D eigenvalue weighted by Gasteiger charge is 2.32. The van der Waals surface area contributed by atoms with E-state index in [4.69, 9.17) is 4.52 Å². The van der Waals surface area contributed by atoms with Gasteiger partial charge < -0.3 is 9.84 Å². The summed E-state index contributed by atoms with van der Waals surface area (Å²) in [6.07, 6.45) is 2.26. The largest absolute Gasteiger partial charge is 0.352 e. The number of carbonyl (C=O) groups is 1. The van der Waals surface area contributed by atoms with Gasteiger partial charge in [-0.25, -0.2) is 0 Å². The van der Waals surface area contributed by atoms with E-state index in [1.807, 2.05) is 6.92 Å². The molecule has 0 aromatic carbocycles. The van der Waals surface area contributed by atoms with Crippen molar-refractivity contribution in [2.75, 3.05) is 26.2 Å². The van der Waals surface area contributed by atoms with Crippen LogP contribution in [-0.2, 0) is 10.2 Å². The van der Waals surface area contributed by atoms with E-state index in [-0.39, 0.29) is 23.4 Å². The van der Waals surface area contributed by atoms with Crippen molar-refractivity contribution < 1.29 is 9.32 Å². The van der Waals surface area contributed by atoms with Crippen LogP contribution in [0.5, 0.6) is 0 Å². The Hall–Kier alpha value is -1.47. The van der Waals surface area contributed by atoms with Crippen LogP contribution in [0, 0.1) is 0 Å². The second-order valence-electron chi connectivity index (χ2n) is 8.41. The third kappa shape index (κ3) is 4.39. The van der Waals surface area contributed by atoms with Gasteiger partial charge >= 0.3 is 0 Å². The molecule has 0 radical (unpaired) electrons. The minimum absolute atomic E-state index is 0.0612. The molecular weight excluding hydrogens is 318 g/mol. The second-order valence-corrected chi connectivity index (χ2v) is 8.41. The first-order chi connectivity index (χ1) is 11.8. The Bertz CT molecular complexity index is 597. The van der Waals surface area contributed by atoms with Crippen molar-refractivity contribution in [2.45, 2.75) is 71.0 Å². The number of nitrogens with one attached hydrogen (secondary N) is 1. The van der Waals surface area contributed by atoms with Crippen molar-refractivity contribution in [1.82, 2.24) is 25.3 Å². The van der Waals surface area contributed by atoms with Gasteiger partial charge in [-0.3, -0.25) is 14.6 Å². The molecular formula is C18H31N5O2. The number of piperazine rings is 1. The fourth-order valence-electron chi connectivity index (χ4n) is 3.09. The summed E-state index contributed by atoms with van der Waals surface area (Å²) in [5.41, 5.74) is -0.107. The third-order valence-corrected chi connectivity index (χ3v) is 5.22. The fourth-order valence-corrected chi connectivity index (χ4v) is 3.09. The summed E-state index contributed by atoms with van der Waals surface area (Å²) in [6.45, 7) is 13.9. The summed E-state index contributed by atoms with van der Waals surface area (Å²) < 4.78 is 5.49. The van der Waals surface area contributed by atoms with Crippen LogP contribution < -0.4 is 5.32 Å². The Morgan fingerprint density at radius 2 is 1.76 bits per heavy atom. The molecule has 2 unspecified atom stereocenters. The zero-order valence-electron chi connectivity index (χ0n) is 16.1. The number of amides is 1. The summed E-state index contributed by atoms with van der Waals surface area (Å²) in [5, 5.41) is 7.23. The Balaban J connectivity index is 1.52. The first-order valence-electron chi connectivity index (χ1n) is 9.38. The monoisotopic (exact) mass is 349 g/mol. The minimum Gasteiger partial charge on any atom is -0.352 e. The molecule has 2 atom stereocenters. The lowest BCUT2D eigenvalue weighted by atomic mass is 9.96. The molecule has 1 aromatic heterocycles. The van der Waals surface area contributed by atoms with Crippen LogP contribution in [0.25, 0.3) is 0 Å². The molecule has 1 aliphatic carbocycles. The minimum atomic E-state index is -0.107. The lowest BCUT2D eigenvalue weighted by molar-refractivity contribution is -0.126. The van der Waals surface area contributed by atoms with Crippen molar-refractivity contribution in [3.05, 3.63) is 11.7 Å². The maximum atomic E-state index is 12.2. The van der Waals surface area contributed by atoms with Gasteiger partial charge in [0.15, 0.2) is 5.82 Å². The van der Waals surface area contributed by atoms with E-state index in [0.717, 1.165) is 44.8 Å². The van der Waals surface area contributed by atoms with E-state index >= 15 is 0 Å². The van der Waals surface area contributed by atoms with Gasteiger partial charge in [0.2, 0.25) is 11.8 Å². The third-order valence-electron chi connectivity index (χ3n) is 5.22. The predicted molar refractivity (Wildman–Crippen MR) is 95.2 cm³/mol.